The molecule has 2 aromatic rings. The molecule has 1 aromatic heterocycles. The number of carbonyl (C=O) groups is 2. The number of nitrogens with zero attached hydrogens (tertiary/aromatic N) is 3. The molecule has 2 aliphatic rings. The van der Waals surface area contributed by atoms with Crippen molar-refractivity contribution >= 4 is 40.8 Å². The van der Waals surface area contributed by atoms with Gasteiger partial charge in [-0.05, 0) is 58.4 Å². The Morgan fingerprint density at radius 1 is 1.23 bits per heavy atom. The third-order valence-electron chi connectivity index (χ3n) is 7.24. The Kier molecular flexibility index (Phi) is 10.4. The second-order valence-electron chi connectivity index (χ2n) is 11.5. The van der Waals surface area contributed by atoms with Crippen molar-refractivity contribution in [2.45, 2.75) is 70.2 Å². The van der Waals surface area contributed by atoms with E-state index in [1.165, 1.54) is 29.4 Å². The van der Waals surface area contributed by atoms with E-state index in [0.29, 0.717) is 42.2 Å². The van der Waals surface area contributed by atoms with Crippen molar-refractivity contribution in [1.29, 1.82) is 0 Å². The van der Waals surface area contributed by atoms with Gasteiger partial charge < -0.3 is 29.9 Å². The number of aliphatic hydroxyl groups is 1. The lowest BCUT2D eigenvalue weighted by atomic mass is 9.80. The van der Waals surface area contributed by atoms with Crippen LogP contribution in [0.15, 0.2) is 40.0 Å². The highest BCUT2D eigenvalue weighted by Crippen LogP contribution is 2.42. The molecule has 1 fully saturated rings. The van der Waals surface area contributed by atoms with Crippen LogP contribution in [-0.2, 0) is 14.3 Å². The zero-order valence-corrected chi connectivity index (χ0v) is 25.8. The van der Waals surface area contributed by atoms with Crippen LogP contribution in [0.1, 0.15) is 63.1 Å². The van der Waals surface area contributed by atoms with Crippen molar-refractivity contribution in [3.63, 3.8) is 0 Å². The van der Waals surface area contributed by atoms with Gasteiger partial charge in [0, 0.05) is 36.0 Å². The second kappa shape index (κ2) is 13.7. The van der Waals surface area contributed by atoms with Crippen LogP contribution in [0.25, 0.3) is 0 Å². The summed E-state index contributed by atoms with van der Waals surface area (Å²) in [4.78, 5) is 36.2. The SMILES string of the molecule is COCC(O)CN(C(=O)OC(C)(C)C)C1CCC(C2=C(C(=O)O)C(c3ccc(F)c(F)c3Cl)N=C(c3nccs3)N2)CC1. The monoisotopic (exact) mass is 640 g/mol. The molecule has 0 radical (unpaired) electrons. The molecule has 2 atom stereocenters. The molecule has 2 unspecified atom stereocenters. The number of halogens is 3. The quantitative estimate of drug-likeness (QED) is 0.314. The average Bonchev–Trinajstić information content (AvgIpc) is 3.49. The molecule has 1 aliphatic heterocycles. The average molecular weight is 641 g/mol. The summed E-state index contributed by atoms with van der Waals surface area (Å²) >= 11 is 7.47. The summed E-state index contributed by atoms with van der Waals surface area (Å²) in [6, 6.07) is 0.625. The molecule has 2 heterocycles. The summed E-state index contributed by atoms with van der Waals surface area (Å²) in [6.45, 7) is 5.34. The van der Waals surface area contributed by atoms with E-state index in [1.807, 2.05) is 0 Å². The number of benzene rings is 1. The molecule has 0 bridgehead atoms. The number of hydrogen-bond acceptors (Lipinski definition) is 9. The predicted octanol–water partition coefficient (Wildman–Crippen LogP) is 5.31. The van der Waals surface area contributed by atoms with Crippen molar-refractivity contribution in [2.75, 3.05) is 20.3 Å². The topological polar surface area (TPSA) is 134 Å². The van der Waals surface area contributed by atoms with Gasteiger partial charge in [0.15, 0.2) is 22.5 Å². The molecule has 1 aromatic carbocycles. The van der Waals surface area contributed by atoms with Gasteiger partial charge in [0.1, 0.15) is 11.6 Å². The number of ether oxygens (including phenoxy) is 2. The van der Waals surface area contributed by atoms with Gasteiger partial charge in [-0.1, -0.05) is 17.7 Å². The second-order valence-corrected chi connectivity index (χ2v) is 12.8. The summed E-state index contributed by atoms with van der Waals surface area (Å²) in [5.74, 6) is -3.73. The predicted molar refractivity (Wildman–Crippen MR) is 157 cm³/mol. The summed E-state index contributed by atoms with van der Waals surface area (Å²) in [7, 11) is 1.46. The number of thiazole rings is 1. The number of nitrogens with one attached hydrogen (secondary N) is 1. The van der Waals surface area contributed by atoms with Gasteiger partial charge in [-0.25, -0.2) is 23.4 Å². The van der Waals surface area contributed by atoms with E-state index in [4.69, 9.17) is 21.1 Å². The summed E-state index contributed by atoms with van der Waals surface area (Å²) in [5.41, 5.74) is -0.479. The molecule has 43 heavy (non-hydrogen) atoms. The van der Waals surface area contributed by atoms with E-state index >= 15 is 0 Å². The maximum atomic E-state index is 14.5. The number of allylic oxidation sites excluding steroid dienone is 1. The Morgan fingerprint density at radius 2 is 1.93 bits per heavy atom. The van der Waals surface area contributed by atoms with Gasteiger partial charge in [-0.2, -0.15) is 0 Å². The molecule has 4 rings (SSSR count). The fourth-order valence-corrected chi connectivity index (χ4v) is 6.23. The number of carboxylic acid groups (broad SMARTS) is 1. The van der Waals surface area contributed by atoms with Crippen LogP contribution in [0, 0.1) is 17.6 Å². The normalized spacial score (nSPS) is 21.6. The first kappa shape index (κ1) is 32.8. The van der Waals surface area contributed by atoms with Crippen LogP contribution >= 0.6 is 22.9 Å². The van der Waals surface area contributed by atoms with E-state index < -0.39 is 46.5 Å². The number of amidine groups is 1. The van der Waals surface area contributed by atoms with Crippen molar-refractivity contribution in [3.05, 3.63) is 62.2 Å². The van der Waals surface area contributed by atoms with Crippen molar-refractivity contribution < 1.29 is 38.1 Å². The molecular formula is C29H35ClF2N4O6S. The maximum Gasteiger partial charge on any atom is 0.410 e. The number of rotatable bonds is 9. The highest BCUT2D eigenvalue weighted by molar-refractivity contribution is 7.11. The molecule has 234 valence electrons. The Bertz CT molecular complexity index is 1390. The highest BCUT2D eigenvalue weighted by Gasteiger charge is 2.39. The number of carboxylic acids is 1. The van der Waals surface area contributed by atoms with Crippen molar-refractivity contribution in [2.24, 2.45) is 10.9 Å². The molecule has 14 heteroatoms. The minimum Gasteiger partial charge on any atom is -0.478 e. The number of aromatic nitrogens is 1. The van der Waals surface area contributed by atoms with Crippen LogP contribution in [0.4, 0.5) is 13.6 Å². The fourth-order valence-electron chi connectivity index (χ4n) is 5.39. The summed E-state index contributed by atoms with van der Waals surface area (Å²) in [5, 5.41) is 25.7. The number of aliphatic imine (C=N–C) groups is 1. The van der Waals surface area contributed by atoms with Crippen molar-refractivity contribution in [3.8, 4) is 0 Å². The number of aliphatic carboxylic acids is 1. The van der Waals surface area contributed by atoms with Gasteiger partial charge in [0.05, 0.1) is 29.9 Å². The van der Waals surface area contributed by atoms with Gasteiger partial charge in [0.25, 0.3) is 0 Å². The first-order valence-electron chi connectivity index (χ1n) is 13.8. The largest absolute Gasteiger partial charge is 0.478 e. The number of carbonyl (C=O) groups excluding carboxylic acids is 1. The number of amides is 1. The van der Waals surface area contributed by atoms with E-state index in [0.717, 1.165) is 6.07 Å². The zero-order chi connectivity index (χ0) is 31.5. The lowest BCUT2D eigenvalue weighted by Crippen LogP contribution is -2.49. The van der Waals surface area contributed by atoms with Crippen LogP contribution in [0.2, 0.25) is 5.02 Å². The molecule has 10 nitrogen and oxygen atoms in total. The molecule has 3 N–H and O–H groups in total. The smallest absolute Gasteiger partial charge is 0.410 e. The Hall–Kier alpha value is -3.13. The van der Waals surface area contributed by atoms with E-state index in [-0.39, 0.29) is 36.2 Å². The van der Waals surface area contributed by atoms with Gasteiger partial charge >= 0.3 is 12.1 Å². The lowest BCUT2D eigenvalue weighted by molar-refractivity contribution is -0.133. The van der Waals surface area contributed by atoms with E-state index in [9.17, 15) is 28.6 Å². The van der Waals surface area contributed by atoms with Crippen LogP contribution in [0.3, 0.4) is 0 Å². The number of hydrogen-bond donors (Lipinski definition) is 3. The van der Waals surface area contributed by atoms with Crippen LogP contribution in [-0.4, -0.2) is 76.0 Å². The third kappa shape index (κ3) is 7.69. The first-order chi connectivity index (χ1) is 20.3. The fraction of sp³-hybridized carbons (Fsp3) is 0.517. The lowest BCUT2D eigenvalue weighted by Gasteiger charge is -2.40. The van der Waals surface area contributed by atoms with Gasteiger partial charge in [-0.15, -0.1) is 11.3 Å². The number of methoxy groups -OCH3 is 1. The molecule has 0 saturated heterocycles. The molecule has 0 spiro atoms. The minimum absolute atomic E-state index is 0.0109. The van der Waals surface area contributed by atoms with Gasteiger partial charge in [-0.3, -0.25) is 4.99 Å². The molecular weight excluding hydrogens is 606 g/mol. The summed E-state index contributed by atoms with van der Waals surface area (Å²) < 4.78 is 39.1. The Balaban J connectivity index is 1.66. The van der Waals surface area contributed by atoms with E-state index in [1.54, 1.807) is 32.3 Å². The minimum atomic E-state index is -1.28. The van der Waals surface area contributed by atoms with Crippen molar-refractivity contribution in [1.82, 2.24) is 15.2 Å². The molecule has 1 saturated carbocycles. The van der Waals surface area contributed by atoms with Crippen LogP contribution < -0.4 is 5.32 Å². The molecule has 1 aliphatic carbocycles. The number of aliphatic hydroxyl groups excluding tert-OH is 1. The molecule has 1 amide bonds. The van der Waals surface area contributed by atoms with Crippen LogP contribution in [0.5, 0.6) is 0 Å². The zero-order valence-electron chi connectivity index (χ0n) is 24.3. The Morgan fingerprint density at radius 3 is 2.51 bits per heavy atom. The first-order valence-corrected chi connectivity index (χ1v) is 15.1. The standard InChI is InChI=1S/C29H35ClF2N4O6S/c1-29(2,3)42-28(40)36(13-17(37)14-41-4)16-7-5-15(6-8-16)23-20(27(38)39)24(18-9-10-19(31)22(32)21(18)30)35-25(34-23)26-33-11-12-43-26/h9-12,15-17,24,37H,5-8,13-14H2,1-4H3,(H,34,35)(H,38,39). The highest BCUT2D eigenvalue weighted by atomic mass is 35.5. The summed E-state index contributed by atoms with van der Waals surface area (Å²) in [6.07, 6.45) is 2.03. The third-order valence-corrected chi connectivity index (χ3v) is 8.40. The van der Waals surface area contributed by atoms with Gasteiger partial charge in [0.2, 0.25) is 0 Å². The Labute approximate surface area is 257 Å². The maximum absolute atomic E-state index is 14.5. The van der Waals surface area contributed by atoms with E-state index in [2.05, 4.69) is 15.3 Å².